The smallest absolute Gasteiger partial charge is 0.245 e. The molecule has 5 nitrogen and oxygen atoms in total. The van der Waals surface area contributed by atoms with Gasteiger partial charge in [-0.05, 0) is 44.0 Å². The number of nitrogens with one attached hydrogen (secondary N) is 1. The van der Waals surface area contributed by atoms with Crippen LogP contribution in [0.5, 0.6) is 0 Å². The number of likely N-dealkylation sites (tertiary alicyclic amines) is 1. The first-order valence-electron chi connectivity index (χ1n) is 7.20. The van der Waals surface area contributed by atoms with Gasteiger partial charge >= 0.3 is 0 Å². The van der Waals surface area contributed by atoms with Crippen molar-refractivity contribution in [3.63, 3.8) is 0 Å². The minimum Gasteiger partial charge on any atom is -0.373 e. The van der Waals surface area contributed by atoms with E-state index in [0.29, 0.717) is 24.2 Å². The molecule has 1 N–H and O–H groups in total. The minimum absolute atomic E-state index is 0.00960. The monoisotopic (exact) mass is 328 g/mol. The maximum Gasteiger partial charge on any atom is 0.245 e. The molecule has 0 radical (unpaired) electrons. The van der Waals surface area contributed by atoms with Crippen LogP contribution in [0.3, 0.4) is 0 Å². The first-order chi connectivity index (χ1) is 10.2. The Morgan fingerprint density at radius 1 is 1.41 bits per heavy atom. The fourth-order valence-corrected chi connectivity index (χ4v) is 3.45. The minimum atomic E-state index is -3.29. The van der Waals surface area contributed by atoms with E-state index < -0.39 is 21.7 Å². The normalized spacial score (nSPS) is 19.0. The molecule has 0 saturated carbocycles. The summed E-state index contributed by atoms with van der Waals surface area (Å²) in [5.41, 5.74) is 0.842. The molecule has 1 aromatic carbocycles. The molecule has 1 aromatic rings. The van der Waals surface area contributed by atoms with Gasteiger partial charge in [0.25, 0.3) is 0 Å². The van der Waals surface area contributed by atoms with Crippen molar-refractivity contribution >= 4 is 21.4 Å². The Hall–Kier alpha value is -1.63. The van der Waals surface area contributed by atoms with Crippen LogP contribution in [0.15, 0.2) is 18.2 Å². The van der Waals surface area contributed by atoms with Crippen molar-refractivity contribution in [3.8, 4) is 0 Å². The average molecular weight is 328 g/mol. The van der Waals surface area contributed by atoms with Crippen molar-refractivity contribution in [2.24, 2.45) is 0 Å². The molecule has 2 rings (SSSR count). The Balaban J connectivity index is 2.21. The third kappa shape index (κ3) is 3.97. The number of hydrogen-bond donors (Lipinski definition) is 1. The Kier molecular flexibility index (Phi) is 4.75. The second-order valence-electron chi connectivity index (χ2n) is 5.98. The molecule has 1 saturated heterocycles. The topological polar surface area (TPSA) is 66.5 Å². The molecule has 0 aromatic heterocycles. The summed E-state index contributed by atoms with van der Waals surface area (Å²) in [6, 6.07) is 3.67. The largest absolute Gasteiger partial charge is 0.373 e. The first kappa shape index (κ1) is 16.7. The van der Waals surface area contributed by atoms with Gasteiger partial charge in [-0.1, -0.05) is 0 Å². The lowest BCUT2D eigenvalue weighted by atomic mass is 10.1. The first-order valence-corrected chi connectivity index (χ1v) is 9.26. The second kappa shape index (κ2) is 6.24. The fourth-order valence-electron chi connectivity index (χ4n) is 2.64. The second-order valence-corrected chi connectivity index (χ2v) is 8.12. The summed E-state index contributed by atoms with van der Waals surface area (Å²) >= 11 is 0. The number of carbonyl (C=O) groups is 1. The van der Waals surface area contributed by atoms with Gasteiger partial charge in [-0.2, -0.15) is 0 Å². The van der Waals surface area contributed by atoms with Crippen LogP contribution >= 0.6 is 0 Å². The number of halogens is 1. The van der Waals surface area contributed by atoms with Gasteiger partial charge in [-0.3, -0.25) is 4.79 Å². The lowest BCUT2D eigenvalue weighted by Crippen LogP contribution is -2.37. The standard InChI is InChI=1S/C15H21FN2O3S/c1-10(2)18-7-6-14(15(18)19)17-13-5-4-12(16)8-11(13)9-22(3,20)21/h4-5,8,10,14,17H,6-7,9H2,1-3H3. The van der Waals surface area contributed by atoms with Crippen LogP contribution in [-0.4, -0.2) is 44.1 Å². The molecule has 22 heavy (non-hydrogen) atoms. The van der Waals surface area contributed by atoms with E-state index >= 15 is 0 Å². The maximum atomic E-state index is 13.4. The highest BCUT2D eigenvalue weighted by atomic mass is 32.2. The molecule has 1 aliphatic heterocycles. The van der Waals surface area contributed by atoms with Gasteiger partial charge in [0, 0.05) is 24.5 Å². The zero-order valence-corrected chi connectivity index (χ0v) is 13.8. The van der Waals surface area contributed by atoms with Gasteiger partial charge in [-0.25, -0.2) is 12.8 Å². The number of amides is 1. The van der Waals surface area contributed by atoms with Gasteiger partial charge in [0.1, 0.15) is 11.9 Å². The third-order valence-corrected chi connectivity index (χ3v) is 4.51. The molecule has 1 unspecified atom stereocenters. The SMILES string of the molecule is CC(C)N1CCC(Nc2ccc(F)cc2CS(C)(=O)=O)C1=O. The van der Waals surface area contributed by atoms with E-state index in [1.165, 1.54) is 18.2 Å². The lowest BCUT2D eigenvalue weighted by Gasteiger charge is -2.22. The number of hydrogen-bond acceptors (Lipinski definition) is 4. The van der Waals surface area contributed by atoms with Crippen LogP contribution in [0.25, 0.3) is 0 Å². The molecular formula is C15H21FN2O3S. The van der Waals surface area contributed by atoms with Crippen LogP contribution in [0.1, 0.15) is 25.8 Å². The molecule has 0 aliphatic carbocycles. The molecule has 122 valence electrons. The summed E-state index contributed by atoms with van der Waals surface area (Å²) in [6.45, 7) is 4.57. The third-order valence-electron chi connectivity index (χ3n) is 3.68. The van der Waals surface area contributed by atoms with Crippen LogP contribution in [-0.2, 0) is 20.4 Å². The predicted molar refractivity (Wildman–Crippen MR) is 83.8 cm³/mol. The molecule has 1 atom stereocenters. The van der Waals surface area contributed by atoms with Crippen LogP contribution in [0, 0.1) is 5.82 Å². The van der Waals surface area contributed by atoms with Gasteiger partial charge in [0.2, 0.25) is 5.91 Å². The number of rotatable bonds is 5. The van der Waals surface area contributed by atoms with Crippen molar-refractivity contribution in [1.82, 2.24) is 4.90 Å². The van der Waals surface area contributed by atoms with Crippen LogP contribution < -0.4 is 5.32 Å². The molecule has 0 spiro atoms. The number of anilines is 1. The Morgan fingerprint density at radius 2 is 2.09 bits per heavy atom. The quantitative estimate of drug-likeness (QED) is 0.895. The summed E-state index contributed by atoms with van der Waals surface area (Å²) in [6.07, 6.45) is 1.75. The van der Waals surface area contributed by atoms with E-state index in [1.54, 1.807) is 4.90 Å². The van der Waals surface area contributed by atoms with Crippen molar-refractivity contribution in [1.29, 1.82) is 0 Å². The summed E-state index contributed by atoms with van der Waals surface area (Å²) in [5, 5.41) is 3.07. The van der Waals surface area contributed by atoms with Crippen LogP contribution in [0.4, 0.5) is 10.1 Å². The maximum absolute atomic E-state index is 13.4. The van der Waals surface area contributed by atoms with Crippen molar-refractivity contribution in [2.45, 2.75) is 38.1 Å². The Morgan fingerprint density at radius 3 is 2.64 bits per heavy atom. The van der Waals surface area contributed by atoms with Gasteiger partial charge in [0.05, 0.1) is 5.75 Å². The fraction of sp³-hybridized carbons (Fsp3) is 0.533. The number of carbonyl (C=O) groups excluding carboxylic acids is 1. The van der Waals surface area contributed by atoms with E-state index in [0.717, 1.165) is 6.26 Å². The summed E-state index contributed by atoms with van der Waals surface area (Å²) in [7, 11) is -3.29. The Bertz CT molecular complexity index is 673. The summed E-state index contributed by atoms with van der Waals surface area (Å²) in [4.78, 5) is 14.1. The number of sulfone groups is 1. The zero-order chi connectivity index (χ0) is 16.5. The molecular weight excluding hydrogens is 307 g/mol. The molecule has 7 heteroatoms. The molecule has 1 amide bonds. The number of nitrogens with zero attached hydrogens (tertiary/aromatic N) is 1. The molecule has 1 heterocycles. The van der Waals surface area contributed by atoms with E-state index in [-0.39, 0.29) is 17.7 Å². The van der Waals surface area contributed by atoms with E-state index in [1.807, 2.05) is 13.8 Å². The predicted octanol–water partition coefficient (Wildman–Crippen LogP) is 1.79. The highest BCUT2D eigenvalue weighted by Crippen LogP contribution is 2.24. The molecule has 1 fully saturated rings. The molecule has 1 aliphatic rings. The van der Waals surface area contributed by atoms with Crippen molar-refractivity contribution in [2.75, 3.05) is 18.1 Å². The van der Waals surface area contributed by atoms with Crippen molar-refractivity contribution in [3.05, 3.63) is 29.6 Å². The van der Waals surface area contributed by atoms with Gasteiger partial charge < -0.3 is 10.2 Å². The van der Waals surface area contributed by atoms with E-state index in [2.05, 4.69) is 5.32 Å². The van der Waals surface area contributed by atoms with Gasteiger partial charge in [0.15, 0.2) is 9.84 Å². The average Bonchev–Trinajstić information content (AvgIpc) is 2.72. The van der Waals surface area contributed by atoms with E-state index in [9.17, 15) is 17.6 Å². The number of benzene rings is 1. The summed E-state index contributed by atoms with van der Waals surface area (Å²) < 4.78 is 36.3. The Labute approximate surface area is 130 Å². The lowest BCUT2D eigenvalue weighted by molar-refractivity contribution is -0.129. The van der Waals surface area contributed by atoms with E-state index in [4.69, 9.17) is 0 Å². The van der Waals surface area contributed by atoms with Crippen LogP contribution in [0.2, 0.25) is 0 Å². The highest BCUT2D eigenvalue weighted by molar-refractivity contribution is 7.89. The highest BCUT2D eigenvalue weighted by Gasteiger charge is 2.33. The summed E-state index contributed by atoms with van der Waals surface area (Å²) in [5.74, 6) is -0.766. The zero-order valence-electron chi connectivity index (χ0n) is 13.0. The molecule has 0 bridgehead atoms. The van der Waals surface area contributed by atoms with Gasteiger partial charge in [-0.15, -0.1) is 0 Å². The van der Waals surface area contributed by atoms with Crippen molar-refractivity contribution < 1.29 is 17.6 Å².